The first-order valence-electron chi connectivity index (χ1n) is 11.3. The molecule has 0 saturated heterocycles. The highest BCUT2D eigenvalue weighted by atomic mass is 16.5. The quantitative estimate of drug-likeness (QED) is 0.436. The lowest BCUT2D eigenvalue weighted by atomic mass is 10.1. The lowest BCUT2D eigenvalue weighted by Crippen LogP contribution is -2.41. The summed E-state index contributed by atoms with van der Waals surface area (Å²) in [6, 6.07) is 12.9. The Morgan fingerprint density at radius 1 is 1.06 bits per heavy atom. The molecule has 0 aliphatic rings. The first-order chi connectivity index (χ1) is 16.8. The Labute approximate surface area is 201 Å². The van der Waals surface area contributed by atoms with Crippen LogP contribution < -0.4 is 16.6 Å². The van der Waals surface area contributed by atoms with Gasteiger partial charge in [0.25, 0.3) is 5.56 Å². The van der Waals surface area contributed by atoms with Crippen LogP contribution in [0, 0.1) is 20.8 Å². The van der Waals surface area contributed by atoms with Crippen LogP contribution in [0.15, 0.2) is 56.6 Å². The maximum atomic E-state index is 12.9. The maximum Gasteiger partial charge on any atom is 0.352 e. The molecule has 10 heteroatoms. The second-order valence-corrected chi connectivity index (χ2v) is 8.24. The number of amides is 1. The number of rotatable bonds is 7. The molecular formula is C25H26N6O4. The topological polar surface area (TPSA) is 125 Å². The molecule has 0 atom stereocenters. The Balaban J connectivity index is 1.57. The lowest BCUT2D eigenvalue weighted by Gasteiger charge is -2.09. The average molecular weight is 475 g/mol. The van der Waals surface area contributed by atoms with E-state index in [2.05, 4.69) is 20.6 Å². The average Bonchev–Trinajstić information content (AvgIpc) is 3.31. The molecule has 1 amide bonds. The van der Waals surface area contributed by atoms with Crippen LogP contribution in [0.2, 0.25) is 0 Å². The molecule has 4 aromatic rings. The van der Waals surface area contributed by atoms with Crippen molar-refractivity contribution < 1.29 is 9.32 Å². The summed E-state index contributed by atoms with van der Waals surface area (Å²) in [6.45, 7) is 7.71. The van der Waals surface area contributed by atoms with Crippen molar-refractivity contribution in [3.63, 3.8) is 0 Å². The third-order valence-electron chi connectivity index (χ3n) is 5.78. The second-order valence-electron chi connectivity index (χ2n) is 8.24. The van der Waals surface area contributed by atoms with Crippen LogP contribution in [-0.2, 0) is 17.8 Å². The number of carbonyl (C=O) groups is 1. The van der Waals surface area contributed by atoms with E-state index in [4.69, 9.17) is 4.52 Å². The molecule has 0 aliphatic heterocycles. The molecule has 180 valence electrons. The van der Waals surface area contributed by atoms with Gasteiger partial charge in [-0.1, -0.05) is 35.0 Å². The number of hydrogen-bond donors (Lipinski definition) is 1. The van der Waals surface area contributed by atoms with E-state index in [1.807, 2.05) is 51.1 Å². The fourth-order valence-electron chi connectivity index (χ4n) is 3.56. The van der Waals surface area contributed by atoms with E-state index >= 15 is 0 Å². The Morgan fingerprint density at radius 2 is 1.80 bits per heavy atom. The van der Waals surface area contributed by atoms with Gasteiger partial charge in [-0.15, -0.1) is 0 Å². The van der Waals surface area contributed by atoms with Crippen LogP contribution in [0.3, 0.4) is 0 Å². The van der Waals surface area contributed by atoms with Gasteiger partial charge in [-0.25, -0.2) is 4.79 Å². The number of aryl methyl sites for hydroxylation is 3. The van der Waals surface area contributed by atoms with E-state index in [0.717, 1.165) is 31.6 Å². The van der Waals surface area contributed by atoms with Crippen LogP contribution in [0.5, 0.6) is 0 Å². The smallest absolute Gasteiger partial charge is 0.339 e. The number of benzene rings is 2. The summed E-state index contributed by atoms with van der Waals surface area (Å²) in [5.41, 5.74) is 3.10. The van der Waals surface area contributed by atoms with Gasteiger partial charge >= 0.3 is 5.69 Å². The Morgan fingerprint density at radius 3 is 2.51 bits per heavy atom. The minimum Gasteiger partial charge on any atom is -0.339 e. The van der Waals surface area contributed by atoms with Gasteiger partial charge in [0.2, 0.25) is 17.6 Å². The molecule has 2 aromatic carbocycles. The van der Waals surface area contributed by atoms with E-state index in [0.29, 0.717) is 5.69 Å². The fourth-order valence-corrected chi connectivity index (χ4v) is 3.56. The van der Waals surface area contributed by atoms with Gasteiger partial charge in [0.05, 0.1) is 5.69 Å². The predicted octanol–water partition coefficient (Wildman–Crippen LogP) is 2.96. The summed E-state index contributed by atoms with van der Waals surface area (Å²) in [5, 5.41) is 11.0. The molecule has 0 unspecified atom stereocenters. The molecule has 0 bridgehead atoms. The zero-order chi connectivity index (χ0) is 25.1. The van der Waals surface area contributed by atoms with Crippen LogP contribution in [-0.4, -0.2) is 30.4 Å². The molecule has 0 radical (unpaired) electrons. The summed E-state index contributed by atoms with van der Waals surface area (Å²) in [6.07, 6.45) is 0.299. The van der Waals surface area contributed by atoms with Crippen LogP contribution in [0.4, 0.5) is 5.69 Å². The van der Waals surface area contributed by atoms with Gasteiger partial charge in [-0.2, -0.15) is 14.8 Å². The van der Waals surface area contributed by atoms with E-state index in [-0.39, 0.29) is 42.7 Å². The summed E-state index contributed by atoms with van der Waals surface area (Å²) >= 11 is 0. The molecule has 35 heavy (non-hydrogen) atoms. The van der Waals surface area contributed by atoms with Gasteiger partial charge in [0, 0.05) is 25.1 Å². The maximum absolute atomic E-state index is 12.9. The minimum absolute atomic E-state index is 0.0389. The lowest BCUT2D eigenvalue weighted by molar-refractivity contribution is -0.116. The number of aromatic nitrogens is 5. The Kier molecular flexibility index (Phi) is 6.72. The third-order valence-corrected chi connectivity index (χ3v) is 5.78. The van der Waals surface area contributed by atoms with Gasteiger partial charge in [0.1, 0.15) is 0 Å². The largest absolute Gasteiger partial charge is 0.352 e. The second kappa shape index (κ2) is 9.88. The minimum atomic E-state index is -0.610. The molecule has 0 fully saturated rings. The first kappa shape index (κ1) is 23.8. The van der Waals surface area contributed by atoms with Crippen molar-refractivity contribution in [1.82, 2.24) is 24.5 Å². The molecule has 2 aromatic heterocycles. The summed E-state index contributed by atoms with van der Waals surface area (Å²) in [4.78, 5) is 42.4. The van der Waals surface area contributed by atoms with Crippen molar-refractivity contribution >= 4 is 11.6 Å². The van der Waals surface area contributed by atoms with Crippen LogP contribution in [0.1, 0.15) is 35.9 Å². The molecule has 0 spiro atoms. The summed E-state index contributed by atoms with van der Waals surface area (Å²) in [7, 11) is 0. The van der Waals surface area contributed by atoms with Crippen molar-refractivity contribution in [3.05, 3.63) is 85.9 Å². The molecule has 0 saturated carbocycles. The molecule has 1 N–H and O–H groups in total. The summed E-state index contributed by atoms with van der Waals surface area (Å²) < 4.78 is 7.48. The normalized spacial score (nSPS) is 11.0. The standard InChI is InChI=1S/C25H26N6O4/c1-5-30-24(33)22(28-31(25(30)34)18-11-9-15(2)10-12-18)23-27-21(35-29-23)14-13-20(32)26-19-8-6-7-16(3)17(19)4/h6-12H,5,13-14H2,1-4H3,(H,26,32). The predicted molar refractivity (Wildman–Crippen MR) is 131 cm³/mol. The molecule has 10 nitrogen and oxygen atoms in total. The summed E-state index contributed by atoms with van der Waals surface area (Å²) in [5.74, 6) is -0.0470. The highest BCUT2D eigenvalue weighted by Crippen LogP contribution is 2.18. The molecule has 4 rings (SSSR count). The van der Waals surface area contributed by atoms with Crippen molar-refractivity contribution in [2.75, 3.05) is 5.32 Å². The van der Waals surface area contributed by atoms with Gasteiger partial charge < -0.3 is 9.84 Å². The van der Waals surface area contributed by atoms with Crippen molar-refractivity contribution in [3.8, 4) is 17.2 Å². The number of nitrogens with one attached hydrogen (secondary N) is 1. The number of nitrogens with zero attached hydrogens (tertiary/aromatic N) is 5. The highest BCUT2D eigenvalue weighted by Gasteiger charge is 2.20. The zero-order valence-electron chi connectivity index (χ0n) is 20.0. The highest BCUT2D eigenvalue weighted by molar-refractivity contribution is 5.91. The number of hydrogen-bond acceptors (Lipinski definition) is 7. The van der Waals surface area contributed by atoms with Crippen molar-refractivity contribution in [2.45, 2.75) is 47.1 Å². The van der Waals surface area contributed by atoms with E-state index < -0.39 is 11.2 Å². The third kappa shape index (κ3) is 4.96. The monoisotopic (exact) mass is 474 g/mol. The number of carbonyl (C=O) groups excluding carboxylic acids is 1. The van der Waals surface area contributed by atoms with Crippen LogP contribution in [0.25, 0.3) is 17.2 Å². The number of anilines is 1. The van der Waals surface area contributed by atoms with Crippen molar-refractivity contribution in [2.24, 2.45) is 0 Å². The zero-order valence-corrected chi connectivity index (χ0v) is 20.0. The molecular weight excluding hydrogens is 448 g/mol. The Hall–Kier alpha value is -4.34. The van der Waals surface area contributed by atoms with E-state index in [9.17, 15) is 14.4 Å². The van der Waals surface area contributed by atoms with E-state index in [1.165, 1.54) is 0 Å². The van der Waals surface area contributed by atoms with Gasteiger partial charge in [0.15, 0.2) is 5.69 Å². The Bertz CT molecular complexity index is 1500. The molecule has 0 aliphatic carbocycles. The fraction of sp³-hybridized carbons (Fsp3) is 0.280. The first-order valence-corrected chi connectivity index (χ1v) is 11.3. The SMILES string of the molecule is CCn1c(=O)c(-c2noc(CCC(=O)Nc3cccc(C)c3C)n2)nn(-c2ccc(C)cc2)c1=O. The van der Waals surface area contributed by atoms with Gasteiger partial charge in [-0.05, 0) is 57.0 Å². The van der Waals surface area contributed by atoms with Crippen molar-refractivity contribution in [1.29, 1.82) is 0 Å². The molecule has 2 heterocycles. The van der Waals surface area contributed by atoms with Crippen LogP contribution >= 0.6 is 0 Å². The van der Waals surface area contributed by atoms with E-state index in [1.54, 1.807) is 19.1 Å². The van der Waals surface area contributed by atoms with Gasteiger partial charge in [-0.3, -0.25) is 14.2 Å².